The van der Waals surface area contributed by atoms with Crippen molar-refractivity contribution < 1.29 is 19.2 Å². The molecule has 0 radical (unpaired) electrons. The molecule has 152 valence electrons. The van der Waals surface area contributed by atoms with Crippen molar-refractivity contribution in [2.24, 2.45) is 0 Å². The van der Waals surface area contributed by atoms with Crippen molar-refractivity contribution in [3.8, 4) is 11.5 Å². The number of likely N-dealkylation sites (N-methyl/N-ethyl adjacent to an activating group) is 1. The summed E-state index contributed by atoms with van der Waals surface area (Å²) in [4.78, 5) is 21.0. The number of amides is 1. The van der Waals surface area contributed by atoms with Crippen molar-refractivity contribution in [1.82, 2.24) is 4.98 Å². The van der Waals surface area contributed by atoms with Crippen LogP contribution in [0.15, 0.2) is 42.5 Å². The van der Waals surface area contributed by atoms with Gasteiger partial charge in [0.25, 0.3) is 0 Å². The Morgan fingerprint density at radius 3 is 2.59 bits per heavy atom. The van der Waals surface area contributed by atoms with Crippen molar-refractivity contribution in [2.45, 2.75) is 12.8 Å². The van der Waals surface area contributed by atoms with E-state index in [4.69, 9.17) is 14.5 Å². The van der Waals surface area contributed by atoms with Gasteiger partial charge in [0.15, 0.2) is 16.6 Å². The predicted molar refractivity (Wildman–Crippen MR) is 115 cm³/mol. The van der Waals surface area contributed by atoms with Gasteiger partial charge < -0.3 is 14.4 Å². The standard InChI is InChI=1S/C22H25N3O3S/c1-24(2)10-11-25(21(26)9-8-16-6-4-3-5-7-16)22-23-17-14-18-19(15-20(17)29-22)28-13-12-27-18/h3-7,14-15H,8-13H2,1-2H3/p+1. The largest absolute Gasteiger partial charge is 0.486 e. The number of nitrogens with one attached hydrogen (secondary N) is 1. The normalized spacial score (nSPS) is 13.1. The SMILES string of the molecule is C[NH+](C)CCN(C(=O)CCc1ccccc1)c1nc2cc3c(cc2s1)OCCO3. The highest BCUT2D eigenvalue weighted by Gasteiger charge is 2.22. The molecular weight excluding hydrogens is 386 g/mol. The smallest absolute Gasteiger partial charge is 0.229 e. The lowest BCUT2D eigenvalue weighted by Crippen LogP contribution is -3.06. The van der Waals surface area contributed by atoms with Gasteiger partial charge in [-0.2, -0.15) is 0 Å². The number of benzene rings is 2. The van der Waals surface area contributed by atoms with E-state index in [1.807, 2.05) is 35.2 Å². The molecule has 0 unspecified atom stereocenters. The quantitative estimate of drug-likeness (QED) is 0.646. The van der Waals surface area contributed by atoms with Gasteiger partial charge >= 0.3 is 0 Å². The van der Waals surface area contributed by atoms with Crippen LogP contribution >= 0.6 is 11.3 Å². The van der Waals surface area contributed by atoms with E-state index in [0.29, 0.717) is 26.2 Å². The van der Waals surface area contributed by atoms with Crippen LogP contribution in [0.25, 0.3) is 10.2 Å². The third-order valence-corrected chi connectivity index (χ3v) is 5.92. The molecule has 0 atom stereocenters. The molecule has 0 saturated heterocycles. The molecule has 0 spiro atoms. The van der Waals surface area contributed by atoms with Crippen LogP contribution in [0.1, 0.15) is 12.0 Å². The average Bonchev–Trinajstić information content (AvgIpc) is 3.13. The Balaban J connectivity index is 1.57. The van der Waals surface area contributed by atoms with Gasteiger partial charge in [-0.15, -0.1) is 0 Å². The van der Waals surface area contributed by atoms with Crippen LogP contribution in [-0.4, -0.2) is 51.3 Å². The van der Waals surface area contributed by atoms with Crippen LogP contribution in [0.5, 0.6) is 11.5 Å². The Kier molecular flexibility index (Phi) is 5.97. The van der Waals surface area contributed by atoms with Gasteiger partial charge in [0, 0.05) is 18.6 Å². The van der Waals surface area contributed by atoms with Gasteiger partial charge in [0.1, 0.15) is 13.2 Å². The van der Waals surface area contributed by atoms with Crippen LogP contribution in [0.3, 0.4) is 0 Å². The summed E-state index contributed by atoms with van der Waals surface area (Å²) in [5, 5.41) is 0.738. The lowest BCUT2D eigenvalue weighted by atomic mass is 10.1. The van der Waals surface area contributed by atoms with Gasteiger partial charge in [0.05, 0.1) is 37.4 Å². The van der Waals surface area contributed by atoms with Gasteiger partial charge in [-0.1, -0.05) is 41.7 Å². The van der Waals surface area contributed by atoms with Crippen LogP contribution in [-0.2, 0) is 11.2 Å². The fourth-order valence-electron chi connectivity index (χ4n) is 3.26. The molecule has 1 N–H and O–H groups in total. The van der Waals surface area contributed by atoms with E-state index in [1.54, 1.807) is 0 Å². The summed E-state index contributed by atoms with van der Waals surface area (Å²) in [6.45, 7) is 2.60. The summed E-state index contributed by atoms with van der Waals surface area (Å²) in [6, 6.07) is 14.0. The van der Waals surface area contributed by atoms with E-state index in [1.165, 1.54) is 21.8 Å². The van der Waals surface area contributed by atoms with E-state index in [0.717, 1.165) is 39.8 Å². The number of thiazole rings is 1. The molecule has 3 aromatic rings. The number of carbonyl (C=O) groups excluding carboxylic acids is 1. The van der Waals surface area contributed by atoms with Gasteiger partial charge in [0.2, 0.25) is 5.91 Å². The molecule has 2 heterocycles. The van der Waals surface area contributed by atoms with Crippen LogP contribution in [0.2, 0.25) is 0 Å². The van der Waals surface area contributed by atoms with Crippen molar-refractivity contribution in [1.29, 1.82) is 0 Å². The maximum Gasteiger partial charge on any atom is 0.229 e. The Morgan fingerprint density at radius 2 is 1.86 bits per heavy atom. The lowest BCUT2D eigenvalue weighted by Gasteiger charge is -2.20. The Labute approximate surface area is 174 Å². The first-order chi connectivity index (χ1) is 14.1. The third kappa shape index (κ3) is 4.68. The van der Waals surface area contributed by atoms with Crippen LogP contribution in [0.4, 0.5) is 5.13 Å². The highest BCUT2D eigenvalue weighted by Crippen LogP contribution is 2.38. The van der Waals surface area contributed by atoms with Crippen molar-refractivity contribution >= 4 is 32.6 Å². The molecule has 1 aliphatic heterocycles. The molecule has 7 heteroatoms. The monoisotopic (exact) mass is 412 g/mol. The van der Waals surface area contributed by atoms with Gasteiger partial charge in [-0.3, -0.25) is 9.69 Å². The molecule has 2 aromatic carbocycles. The molecule has 0 fully saturated rings. The fraction of sp³-hybridized carbons (Fsp3) is 0.364. The predicted octanol–water partition coefficient (Wildman–Crippen LogP) is 2.18. The van der Waals surface area contributed by atoms with E-state index in [-0.39, 0.29) is 5.91 Å². The highest BCUT2D eigenvalue weighted by atomic mass is 32.1. The highest BCUT2D eigenvalue weighted by molar-refractivity contribution is 7.22. The number of hydrogen-bond acceptors (Lipinski definition) is 5. The van der Waals surface area contributed by atoms with E-state index in [2.05, 4.69) is 26.2 Å². The first kappa shape index (κ1) is 19.7. The molecule has 0 bridgehead atoms. The average molecular weight is 413 g/mol. The minimum Gasteiger partial charge on any atom is -0.486 e. The minimum atomic E-state index is 0.103. The number of quaternary nitrogens is 1. The second kappa shape index (κ2) is 8.80. The number of carbonyl (C=O) groups is 1. The molecule has 6 nitrogen and oxygen atoms in total. The summed E-state index contributed by atoms with van der Waals surface area (Å²) in [7, 11) is 4.18. The van der Waals surface area contributed by atoms with E-state index < -0.39 is 0 Å². The molecule has 1 amide bonds. The molecular formula is C22H26N3O3S+. The summed E-state index contributed by atoms with van der Waals surface area (Å²) < 4.78 is 12.4. The third-order valence-electron chi connectivity index (χ3n) is 4.88. The molecule has 1 aromatic heterocycles. The topological polar surface area (TPSA) is 56.1 Å². The van der Waals surface area contributed by atoms with Crippen molar-refractivity contribution in [3.63, 3.8) is 0 Å². The van der Waals surface area contributed by atoms with Crippen molar-refractivity contribution in [2.75, 3.05) is 45.3 Å². The molecule has 4 rings (SSSR count). The molecule has 0 aliphatic carbocycles. The van der Waals surface area contributed by atoms with Crippen LogP contribution < -0.4 is 19.3 Å². The molecule has 29 heavy (non-hydrogen) atoms. The number of rotatable bonds is 7. The van der Waals surface area contributed by atoms with Crippen LogP contribution in [0, 0.1) is 0 Å². The van der Waals surface area contributed by atoms with E-state index in [9.17, 15) is 4.79 Å². The first-order valence-electron chi connectivity index (χ1n) is 9.93. The Hall–Kier alpha value is -2.64. The fourth-order valence-corrected chi connectivity index (χ4v) is 4.28. The molecule has 1 aliphatic rings. The zero-order valence-electron chi connectivity index (χ0n) is 16.8. The summed E-state index contributed by atoms with van der Waals surface area (Å²) in [6.07, 6.45) is 1.19. The van der Waals surface area contributed by atoms with Gasteiger partial charge in [-0.25, -0.2) is 4.98 Å². The summed E-state index contributed by atoms with van der Waals surface area (Å²) in [5.41, 5.74) is 2.01. The lowest BCUT2D eigenvalue weighted by molar-refractivity contribution is -0.856. The number of ether oxygens (including phenoxy) is 2. The number of nitrogens with zero attached hydrogens (tertiary/aromatic N) is 2. The minimum absolute atomic E-state index is 0.103. The van der Waals surface area contributed by atoms with Crippen molar-refractivity contribution in [3.05, 3.63) is 48.0 Å². The Bertz CT molecular complexity index is 945. The number of anilines is 1. The van der Waals surface area contributed by atoms with Gasteiger partial charge in [-0.05, 0) is 12.0 Å². The zero-order valence-corrected chi connectivity index (χ0v) is 17.6. The second-order valence-electron chi connectivity index (χ2n) is 7.45. The first-order valence-corrected chi connectivity index (χ1v) is 10.8. The second-order valence-corrected chi connectivity index (χ2v) is 8.46. The maximum atomic E-state index is 13.1. The summed E-state index contributed by atoms with van der Waals surface area (Å²) in [5.74, 6) is 1.57. The number of aryl methyl sites for hydroxylation is 1. The zero-order chi connectivity index (χ0) is 20.2. The number of hydrogen-bond donors (Lipinski definition) is 1. The van der Waals surface area contributed by atoms with E-state index >= 15 is 0 Å². The number of aromatic nitrogens is 1. The molecule has 0 saturated carbocycles. The maximum absolute atomic E-state index is 13.1. The summed E-state index contributed by atoms with van der Waals surface area (Å²) >= 11 is 1.53. The number of fused-ring (bicyclic) bond motifs is 2. The Morgan fingerprint density at radius 1 is 1.14 bits per heavy atom.